The lowest BCUT2D eigenvalue weighted by molar-refractivity contribution is 0.284. The summed E-state index contributed by atoms with van der Waals surface area (Å²) in [5.41, 5.74) is 3.48. The Kier molecular flexibility index (Phi) is 15.8. The minimum absolute atomic E-state index is 0.0306. The van der Waals surface area contributed by atoms with Crippen LogP contribution in [-0.4, -0.2) is 46.7 Å². The van der Waals surface area contributed by atoms with Crippen LogP contribution in [0.1, 0.15) is 43.0 Å². The number of hydrogen-bond acceptors (Lipinski definition) is 7. The van der Waals surface area contributed by atoms with Crippen LogP contribution in [0.25, 0.3) is 0 Å². The first-order chi connectivity index (χ1) is 16.1. The number of aryl methyl sites for hydroxylation is 4. The molecule has 0 heterocycles. The van der Waals surface area contributed by atoms with E-state index in [1.807, 2.05) is 41.5 Å². The highest BCUT2D eigenvalue weighted by molar-refractivity contribution is 7.91. The zero-order chi connectivity index (χ0) is 28.0. The quantitative estimate of drug-likeness (QED) is 0.373. The van der Waals surface area contributed by atoms with Crippen molar-refractivity contribution in [2.24, 2.45) is 0 Å². The normalized spacial score (nSPS) is 11.1. The van der Waals surface area contributed by atoms with Gasteiger partial charge in [-0.1, -0.05) is 44.5 Å². The molecular formula is C23H36O9S3. The van der Waals surface area contributed by atoms with Gasteiger partial charge < -0.3 is 0 Å². The van der Waals surface area contributed by atoms with E-state index in [4.69, 9.17) is 9.11 Å². The van der Waals surface area contributed by atoms with Crippen LogP contribution in [-0.2, 0) is 41.0 Å². The number of sulfone groups is 1. The summed E-state index contributed by atoms with van der Waals surface area (Å²) in [6.45, 7) is 16.8. The van der Waals surface area contributed by atoms with E-state index in [1.54, 1.807) is 18.2 Å². The van der Waals surface area contributed by atoms with Crippen LogP contribution < -0.4 is 0 Å². The third-order valence-corrected chi connectivity index (χ3v) is 7.39. The second kappa shape index (κ2) is 15.8. The predicted molar refractivity (Wildman–Crippen MR) is 138 cm³/mol. The highest BCUT2D eigenvalue weighted by Gasteiger charge is 2.16. The summed E-state index contributed by atoms with van der Waals surface area (Å²) >= 11 is 0. The van der Waals surface area contributed by atoms with Crippen molar-refractivity contribution in [3.05, 3.63) is 71.8 Å². The Hall–Kier alpha value is -2.09. The Labute approximate surface area is 210 Å². The van der Waals surface area contributed by atoms with Crippen molar-refractivity contribution in [2.45, 2.75) is 57.8 Å². The molecule has 0 aliphatic carbocycles. The first-order valence-electron chi connectivity index (χ1n) is 10.6. The molecule has 0 unspecified atom stereocenters. The van der Waals surface area contributed by atoms with Crippen molar-refractivity contribution in [1.29, 1.82) is 0 Å². The molecule has 2 N–H and O–H groups in total. The molecule has 0 saturated heterocycles. The summed E-state index contributed by atoms with van der Waals surface area (Å²) in [5, 5.41) is 0. The molecule has 0 aromatic heterocycles. The SMILES string of the molecule is C=C.CC.CCc1cc(C)c(C)cc1S(=O)(=O)O.Cc1ccc(S(=O)(=O)CCOS(=O)(=O)O)cc1. The van der Waals surface area contributed by atoms with Crippen molar-refractivity contribution in [2.75, 3.05) is 12.4 Å². The van der Waals surface area contributed by atoms with Gasteiger partial charge in [-0.05, 0) is 62.1 Å². The summed E-state index contributed by atoms with van der Waals surface area (Å²) < 4.78 is 87.1. The second-order valence-corrected chi connectivity index (χ2v) is 11.3. The van der Waals surface area contributed by atoms with E-state index >= 15 is 0 Å². The van der Waals surface area contributed by atoms with Gasteiger partial charge in [0, 0.05) is 0 Å². The monoisotopic (exact) mass is 552 g/mol. The Bertz CT molecular complexity index is 1230. The van der Waals surface area contributed by atoms with Crippen molar-refractivity contribution < 1.29 is 38.5 Å². The van der Waals surface area contributed by atoms with Gasteiger partial charge >= 0.3 is 10.4 Å². The Balaban J connectivity index is 0. The summed E-state index contributed by atoms with van der Waals surface area (Å²) in [7, 11) is -12.3. The van der Waals surface area contributed by atoms with E-state index in [-0.39, 0.29) is 9.79 Å². The summed E-state index contributed by atoms with van der Waals surface area (Å²) in [4.78, 5) is 0.116. The van der Waals surface area contributed by atoms with E-state index in [0.717, 1.165) is 16.7 Å². The van der Waals surface area contributed by atoms with Crippen LogP contribution in [0, 0.1) is 20.8 Å². The summed E-state index contributed by atoms with van der Waals surface area (Å²) in [5.74, 6) is -0.518. The predicted octanol–water partition coefficient (Wildman–Crippen LogP) is 4.53. The van der Waals surface area contributed by atoms with Gasteiger partial charge in [0.25, 0.3) is 10.1 Å². The first-order valence-corrected chi connectivity index (χ1v) is 15.0. The van der Waals surface area contributed by atoms with Crippen molar-refractivity contribution in [3.63, 3.8) is 0 Å². The van der Waals surface area contributed by atoms with Crippen LogP contribution in [0.5, 0.6) is 0 Å². The van der Waals surface area contributed by atoms with Crippen LogP contribution in [0.15, 0.2) is 59.3 Å². The molecule has 0 atom stereocenters. The number of benzene rings is 2. The van der Waals surface area contributed by atoms with Crippen molar-refractivity contribution in [3.8, 4) is 0 Å². The topological polar surface area (TPSA) is 152 Å². The molecule has 2 aromatic rings. The molecule has 0 aliphatic rings. The maximum Gasteiger partial charge on any atom is 0.397 e. The van der Waals surface area contributed by atoms with Crippen LogP contribution >= 0.6 is 0 Å². The van der Waals surface area contributed by atoms with Crippen LogP contribution in [0.2, 0.25) is 0 Å². The second-order valence-electron chi connectivity index (χ2n) is 6.75. The maximum absolute atomic E-state index is 11.7. The zero-order valence-corrected chi connectivity index (χ0v) is 23.4. The molecule has 0 saturated carbocycles. The highest BCUT2D eigenvalue weighted by Crippen LogP contribution is 2.21. The van der Waals surface area contributed by atoms with Crippen LogP contribution in [0.4, 0.5) is 0 Å². The first kappa shape index (κ1) is 35.1. The van der Waals surface area contributed by atoms with E-state index in [0.29, 0.717) is 12.0 Å². The molecule has 9 nitrogen and oxygen atoms in total. The fraction of sp³-hybridized carbons (Fsp3) is 0.391. The lowest BCUT2D eigenvalue weighted by atomic mass is 10.0. The highest BCUT2D eigenvalue weighted by atomic mass is 32.3. The molecule has 0 spiro atoms. The molecule has 0 bridgehead atoms. The van der Waals surface area contributed by atoms with Gasteiger partial charge in [-0.25, -0.2) is 12.6 Å². The average molecular weight is 553 g/mol. The molecular weight excluding hydrogens is 516 g/mol. The largest absolute Gasteiger partial charge is 0.397 e. The zero-order valence-electron chi connectivity index (χ0n) is 21.0. The molecule has 0 aliphatic heterocycles. The maximum atomic E-state index is 11.7. The van der Waals surface area contributed by atoms with Crippen molar-refractivity contribution >= 4 is 30.4 Å². The Morgan fingerprint density at radius 2 is 1.29 bits per heavy atom. The molecule has 0 radical (unpaired) electrons. The summed E-state index contributed by atoms with van der Waals surface area (Å²) in [6.07, 6.45) is 0.593. The minimum atomic E-state index is -4.60. The lowest BCUT2D eigenvalue weighted by Crippen LogP contribution is -2.15. The minimum Gasteiger partial charge on any atom is -0.282 e. The molecule has 2 rings (SSSR count). The van der Waals surface area contributed by atoms with E-state index in [1.165, 1.54) is 18.2 Å². The molecule has 2 aromatic carbocycles. The standard InChI is InChI=1S/C10H14O3S.C9H12O6S2.C2H6.C2H4/c1-4-9-5-7(2)8(3)6-10(9)14(11,12)13;1-8-2-4-9(5-3-8)16(10,11)7-6-15-17(12,13)14;2*1-2/h5-6H,4H2,1-3H3,(H,11,12,13);2-5H,6-7H2,1H3,(H,12,13,14);1-2H3;1-2H2. The van der Waals surface area contributed by atoms with Crippen molar-refractivity contribution in [1.82, 2.24) is 0 Å². The van der Waals surface area contributed by atoms with Gasteiger partial charge in [-0.15, -0.1) is 13.2 Å². The Morgan fingerprint density at radius 1 is 0.829 bits per heavy atom. The third kappa shape index (κ3) is 13.5. The average Bonchev–Trinajstić information content (AvgIpc) is 2.77. The van der Waals surface area contributed by atoms with Gasteiger partial charge in [0.15, 0.2) is 9.84 Å². The van der Waals surface area contributed by atoms with Crippen LogP contribution in [0.3, 0.4) is 0 Å². The fourth-order valence-electron chi connectivity index (χ4n) is 2.48. The van der Waals surface area contributed by atoms with Gasteiger partial charge in [-0.3, -0.25) is 9.11 Å². The van der Waals surface area contributed by atoms with Gasteiger partial charge in [-0.2, -0.15) is 16.8 Å². The van der Waals surface area contributed by atoms with Gasteiger partial charge in [0.2, 0.25) is 0 Å². The number of rotatable bonds is 7. The lowest BCUT2D eigenvalue weighted by Gasteiger charge is -2.08. The molecule has 35 heavy (non-hydrogen) atoms. The molecule has 200 valence electrons. The van der Waals surface area contributed by atoms with E-state index in [9.17, 15) is 25.3 Å². The van der Waals surface area contributed by atoms with E-state index < -0.39 is 42.7 Å². The summed E-state index contributed by atoms with van der Waals surface area (Å²) in [6, 6.07) is 9.45. The third-order valence-electron chi connectivity index (χ3n) is 4.30. The van der Waals surface area contributed by atoms with Gasteiger partial charge in [0.05, 0.1) is 22.2 Å². The Morgan fingerprint density at radius 3 is 1.69 bits per heavy atom. The molecule has 0 fully saturated rings. The van der Waals surface area contributed by atoms with E-state index in [2.05, 4.69) is 17.3 Å². The molecule has 0 amide bonds. The van der Waals surface area contributed by atoms with Gasteiger partial charge in [0.1, 0.15) is 0 Å². The number of hydrogen-bond donors (Lipinski definition) is 2. The smallest absolute Gasteiger partial charge is 0.282 e. The molecule has 12 heteroatoms. The fourth-order valence-corrected chi connectivity index (χ4v) is 4.83.